The molecule has 0 aromatic carbocycles. The highest BCUT2D eigenvalue weighted by molar-refractivity contribution is 5.81. The smallest absolute Gasteiger partial charge is 0.226 e. The lowest BCUT2D eigenvalue weighted by molar-refractivity contribution is -0.135. The van der Waals surface area contributed by atoms with Gasteiger partial charge in [-0.05, 0) is 36.6 Å². The Labute approximate surface area is 142 Å². The van der Waals surface area contributed by atoms with Crippen molar-refractivity contribution in [2.45, 2.75) is 39.1 Å². The first-order valence-corrected chi connectivity index (χ1v) is 8.65. The van der Waals surface area contributed by atoms with Gasteiger partial charge in [-0.25, -0.2) is 0 Å². The Morgan fingerprint density at radius 2 is 2.17 bits per heavy atom. The minimum atomic E-state index is -0.0151. The van der Waals surface area contributed by atoms with Gasteiger partial charge in [0.25, 0.3) is 0 Å². The van der Waals surface area contributed by atoms with Crippen molar-refractivity contribution in [2.75, 3.05) is 6.54 Å². The Kier molecular flexibility index (Phi) is 4.10. The second-order valence-corrected chi connectivity index (χ2v) is 6.94. The molecule has 3 unspecified atom stereocenters. The van der Waals surface area contributed by atoms with Gasteiger partial charge in [-0.2, -0.15) is 0 Å². The van der Waals surface area contributed by atoms with E-state index in [1.54, 1.807) is 6.20 Å². The number of hydrogen-bond acceptors (Lipinski definition) is 3. The highest BCUT2D eigenvalue weighted by atomic mass is 16.5. The molecule has 1 fully saturated rings. The van der Waals surface area contributed by atoms with Crippen LogP contribution in [0.5, 0.6) is 0 Å². The van der Waals surface area contributed by atoms with Crippen LogP contribution in [0, 0.1) is 11.8 Å². The van der Waals surface area contributed by atoms with Crippen LogP contribution >= 0.6 is 0 Å². The molecule has 0 N–H and O–H groups in total. The number of carbonyl (C=O) groups excluding carboxylic acids is 1. The standard InChI is InChI=1S/C19H23N3O2/c1-14-9-18(14)19(23)22-10-16-6-4-8-21(16)11-17(12-22)24-13-15-5-2-3-7-20-15/h2-8,14,17-18H,9-13H2,1H3. The van der Waals surface area contributed by atoms with Gasteiger partial charge in [-0.3, -0.25) is 9.78 Å². The van der Waals surface area contributed by atoms with Crippen molar-refractivity contribution in [1.82, 2.24) is 14.5 Å². The fourth-order valence-corrected chi connectivity index (χ4v) is 3.41. The van der Waals surface area contributed by atoms with Gasteiger partial charge < -0.3 is 14.2 Å². The summed E-state index contributed by atoms with van der Waals surface area (Å²) in [5, 5.41) is 0. The summed E-state index contributed by atoms with van der Waals surface area (Å²) in [4.78, 5) is 19.0. The molecular weight excluding hydrogens is 302 g/mol. The molecule has 1 aliphatic heterocycles. The predicted octanol–water partition coefficient (Wildman–Crippen LogP) is 2.47. The third kappa shape index (κ3) is 3.22. The average Bonchev–Trinajstić information content (AvgIpc) is 3.23. The number of rotatable bonds is 4. The first-order chi connectivity index (χ1) is 11.7. The van der Waals surface area contributed by atoms with Gasteiger partial charge >= 0.3 is 0 Å². The molecule has 5 heteroatoms. The first kappa shape index (κ1) is 15.4. The lowest BCUT2D eigenvalue weighted by atomic mass is 10.2. The number of amides is 1. The van der Waals surface area contributed by atoms with E-state index in [1.807, 2.05) is 29.2 Å². The number of hydrogen-bond donors (Lipinski definition) is 0. The summed E-state index contributed by atoms with van der Waals surface area (Å²) >= 11 is 0. The minimum absolute atomic E-state index is 0.0151. The van der Waals surface area contributed by atoms with Crippen molar-refractivity contribution in [1.29, 1.82) is 0 Å². The molecule has 3 atom stereocenters. The Morgan fingerprint density at radius 3 is 2.92 bits per heavy atom. The Hall–Kier alpha value is -2.14. The maximum atomic E-state index is 12.7. The summed E-state index contributed by atoms with van der Waals surface area (Å²) in [6, 6.07) is 9.97. The highest BCUT2D eigenvalue weighted by Crippen LogP contribution is 2.39. The number of ether oxygens (including phenoxy) is 1. The third-order valence-corrected chi connectivity index (χ3v) is 5.03. The molecule has 2 aliphatic rings. The van der Waals surface area contributed by atoms with Crippen molar-refractivity contribution < 1.29 is 9.53 Å². The fourth-order valence-electron chi connectivity index (χ4n) is 3.41. The molecule has 0 spiro atoms. The van der Waals surface area contributed by atoms with Gasteiger partial charge in [-0.15, -0.1) is 0 Å². The van der Waals surface area contributed by atoms with Crippen molar-refractivity contribution in [3.8, 4) is 0 Å². The van der Waals surface area contributed by atoms with Crippen LogP contribution < -0.4 is 0 Å². The molecule has 24 heavy (non-hydrogen) atoms. The number of aromatic nitrogens is 2. The van der Waals surface area contributed by atoms with E-state index in [2.05, 4.69) is 28.7 Å². The van der Waals surface area contributed by atoms with Gasteiger partial charge in [0.05, 0.1) is 31.5 Å². The van der Waals surface area contributed by atoms with E-state index in [0.717, 1.165) is 18.7 Å². The van der Waals surface area contributed by atoms with Gasteiger partial charge in [0.1, 0.15) is 0 Å². The monoisotopic (exact) mass is 325 g/mol. The number of fused-ring (bicyclic) bond motifs is 1. The van der Waals surface area contributed by atoms with Crippen LogP contribution in [0.1, 0.15) is 24.7 Å². The first-order valence-electron chi connectivity index (χ1n) is 8.65. The lowest BCUT2D eigenvalue weighted by Gasteiger charge is -2.24. The van der Waals surface area contributed by atoms with Crippen molar-refractivity contribution in [2.24, 2.45) is 11.8 Å². The lowest BCUT2D eigenvalue weighted by Crippen LogP contribution is -2.38. The molecular formula is C19H23N3O2. The summed E-state index contributed by atoms with van der Waals surface area (Å²) in [5.41, 5.74) is 2.10. The van der Waals surface area contributed by atoms with E-state index in [9.17, 15) is 4.79 Å². The quantitative estimate of drug-likeness (QED) is 0.867. The van der Waals surface area contributed by atoms with Crippen LogP contribution in [0.3, 0.4) is 0 Å². The van der Waals surface area contributed by atoms with Crippen LogP contribution in [-0.2, 0) is 29.2 Å². The minimum Gasteiger partial charge on any atom is -0.368 e. The van der Waals surface area contributed by atoms with Crippen molar-refractivity contribution >= 4 is 5.91 Å². The van der Waals surface area contributed by atoms with Crippen LogP contribution in [0.15, 0.2) is 42.7 Å². The number of pyridine rings is 1. The summed E-state index contributed by atoms with van der Waals surface area (Å²) in [7, 11) is 0. The molecule has 0 bridgehead atoms. The average molecular weight is 325 g/mol. The third-order valence-electron chi connectivity index (χ3n) is 5.03. The van der Waals surface area contributed by atoms with E-state index in [4.69, 9.17) is 4.74 Å². The molecule has 0 radical (unpaired) electrons. The zero-order valence-electron chi connectivity index (χ0n) is 14.0. The van der Waals surface area contributed by atoms with Crippen molar-refractivity contribution in [3.05, 3.63) is 54.1 Å². The number of carbonyl (C=O) groups is 1. The number of nitrogens with zero attached hydrogens (tertiary/aromatic N) is 3. The molecule has 0 saturated heterocycles. The molecule has 5 nitrogen and oxygen atoms in total. The topological polar surface area (TPSA) is 47.4 Å². The highest BCUT2D eigenvalue weighted by Gasteiger charge is 2.42. The summed E-state index contributed by atoms with van der Waals surface area (Å²) in [6.07, 6.45) is 4.86. The Bertz CT molecular complexity index is 712. The second-order valence-electron chi connectivity index (χ2n) is 6.94. The van der Waals surface area contributed by atoms with E-state index in [1.165, 1.54) is 5.69 Å². The molecule has 4 rings (SSSR count). The van der Waals surface area contributed by atoms with Crippen LogP contribution in [0.25, 0.3) is 0 Å². The summed E-state index contributed by atoms with van der Waals surface area (Å²) in [5.74, 6) is 1.02. The summed E-state index contributed by atoms with van der Waals surface area (Å²) in [6.45, 7) is 4.73. The zero-order valence-corrected chi connectivity index (χ0v) is 14.0. The Morgan fingerprint density at radius 1 is 1.29 bits per heavy atom. The second kappa shape index (κ2) is 6.40. The molecule has 1 aliphatic carbocycles. The van der Waals surface area contributed by atoms with Crippen LogP contribution in [0.4, 0.5) is 0 Å². The zero-order chi connectivity index (χ0) is 16.5. The largest absolute Gasteiger partial charge is 0.368 e. The van der Waals surface area contributed by atoms with Crippen molar-refractivity contribution in [3.63, 3.8) is 0 Å². The molecule has 2 aromatic heterocycles. The predicted molar refractivity (Wildman–Crippen MR) is 89.9 cm³/mol. The van der Waals surface area contributed by atoms with Gasteiger partial charge in [0.2, 0.25) is 5.91 Å². The maximum absolute atomic E-state index is 12.7. The van der Waals surface area contributed by atoms with E-state index in [-0.39, 0.29) is 17.9 Å². The molecule has 2 aromatic rings. The SMILES string of the molecule is CC1CC1C(=O)N1Cc2cccn2CC(OCc2ccccn2)C1. The summed E-state index contributed by atoms with van der Waals surface area (Å²) < 4.78 is 8.31. The molecule has 126 valence electrons. The normalized spacial score (nSPS) is 25.9. The maximum Gasteiger partial charge on any atom is 0.226 e. The molecule has 3 heterocycles. The van der Waals surface area contributed by atoms with E-state index < -0.39 is 0 Å². The van der Waals surface area contributed by atoms with Crippen LogP contribution in [0.2, 0.25) is 0 Å². The molecule has 1 saturated carbocycles. The Balaban J connectivity index is 1.48. The van der Waals surface area contributed by atoms with E-state index >= 15 is 0 Å². The van der Waals surface area contributed by atoms with E-state index in [0.29, 0.717) is 25.6 Å². The fraction of sp³-hybridized carbons (Fsp3) is 0.474. The van der Waals surface area contributed by atoms with Gasteiger partial charge in [0, 0.05) is 30.6 Å². The molecule has 1 amide bonds. The van der Waals surface area contributed by atoms with Gasteiger partial charge in [-0.1, -0.05) is 13.0 Å². The van der Waals surface area contributed by atoms with Gasteiger partial charge in [0.15, 0.2) is 0 Å². The van der Waals surface area contributed by atoms with Crippen LogP contribution in [-0.4, -0.2) is 33.0 Å².